The summed E-state index contributed by atoms with van der Waals surface area (Å²) in [6, 6.07) is 5.00. The molecule has 2 aromatic heterocycles. The van der Waals surface area contributed by atoms with Gasteiger partial charge in [-0.1, -0.05) is 0 Å². The molecule has 0 fully saturated rings. The van der Waals surface area contributed by atoms with Crippen LogP contribution >= 0.6 is 0 Å². The Kier molecular flexibility index (Phi) is 3.09. The molecule has 22 heavy (non-hydrogen) atoms. The van der Waals surface area contributed by atoms with Crippen LogP contribution in [0.25, 0.3) is 22.0 Å². The van der Waals surface area contributed by atoms with E-state index in [4.69, 9.17) is 0 Å². The topological polar surface area (TPSA) is 50.7 Å². The van der Waals surface area contributed by atoms with Crippen LogP contribution in [0, 0.1) is 6.92 Å². The van der Waals surface area contributed by atoms with E-state index in [-0.39, 0.29) is 5.56 Å². The number of fused-ring (bicyclic) bond motifs is 1. The van der Waals surface area contributed by atoms with Crippen molar-refractivity contribution in [2.45, 2.75) is 13.1 Å². The number of hydrogen-bond donors (Lipinski definition) is 1. The number of nitrogens with one attached hydrogen (secondary N) is 1. The van der Waals surface area contributed by atoms with E-state index in [9.17, 15) is 18.0 Å². The molecular formula is C15H12F3N3O. The Balaban J connectivity index is 2.38. The molecule has 0 aliphatic rings. The van der Waals surface area contributed by atoms with Crippen molar-refractivity contribution in [2.75, 3.05) is 0 Å². The molecule has 4 nitrogen and oxygen atoms in total. The standard InChI is InChI=1S/C15H12F3N3O/c1-8-10(3-4-14(22)21(8)2)11-5-9(15(16,17)18)6-13-12(11)7-19-20-13/h3-7H,1-2H3,(H,19,20). The zero-order valence-corrected chi connectivity index (χ0v) is 11.8. The predicted molar refractivity (Wildman–Crippen MR) is 76.5 cm³/mol. The Morgan fingerprint density at radius 2 is 1.91 bits per heavy atom. The van der Waals surface area contributed by atoms with Crippen LogP contribution < -0.4 is 5.56 Å². The van der Waals surface area contributed by atoms with Gasteiger partial charge in [0.1, 0.15) is 0 Å². The lowest BCUT2D eigenvalue weighted by atomic mass is 9.98. The van der Waals surface area contributed by atoms with Crippen LogP contribution in [0.2, 0.25) is 0 Å². The van der Waals surface area contributed by atoms with Gasteiger partial charge < -0.3 is 4.57 Å². The van der Waals surface area contributed by atoms with E-state index in [2.05, 4.69) is 10.2 Å². The molecule has 0 saturated carbocycles. The van der Waals surface area contributed by atoms with Gasteiger partial charge in [0.2, 0.25) is 5.56 Å². The van der Waals surface area contributed by atoms with Gasteiger partial charge in [0.15, 0.2) is 0 Å². The highest BCUT2D eigenvalue weighted by Gasteiger charge is 2.32. The number of benzene rings is 1. The van der Waals surface area contributed by atoms with Gasteiger partial charge in [-0.15, -0.1) is 0 Å². The summed E-state index contributed by atoms with van der Waals surface area (Å²) >= 11 is 0. The number of aromatic amines is 1. The van der Waals surface area contributed by atoms with Crippen LogP contribution in [0.15, 0.2) is 35.3 Å². The van der Waals surface area contributed by atoms with Gasteiger partial charge in [-0.3, -0.25) is 9.89 Å². The maximum atomic E-state index is 13.1. The van der Waals surface area contributed by atoms with E-state index < -0.39 is 11.7 Å². The molecule has 0 aliphatic heterocycles. The Bertz CT molecular complexity index is 922. The van der Waals surface area contributed by atoms with E-state index in [1.807, 2.05) is 0 Å². The van der Waals surface area contributed by atoms with E-state index in [0.717, 1.165) is 12.1 Å². The molecule has 114 valence electrons. The second-order valence-electron chi connectivity index (χ2n) is 5.08. The lowest BCUT2D eigenvalue weighted by Gasteiger charge is -2.14. The van der Waals surface area contributed by atoms with Crippen molar-refractivity contribution in [3.8, 4) is 11.1 Å². The molecule has 0 atom stereocenters. The maximum absolute atomic E-state index is 13.1. The van der Waals surface area contributed by atoms with Crippen molar-refractivity contribution < 1.29 is 13.2 Å². The van der Waals surface area contributed by atoms with E-state index in [1.54, 1.807) is 20.0 Å². The van der Waals surface area contributed by atoms with Gasteiger partial charge >= 0.3 is 6.18 Å². The van der Waals surface area contributed by atoms with E-state index in [1.165, 1.54) is 16.8 Å². The van der Waals surface area contributed by atoms with Gasteiger partial charge in [0.25, 0.3) is 0 Å². The summed E-state index contributed by atoms with van der Waals surface area (Å²) in [5.74, 6) is 0. The normalized spacial score (nSPS) is 12.0. The third-order valence-electron chi connectivity index (χ3n) is 3.79. The number of hydrogen-bond acceptors (Lipinski definition) is 2. The lowest BCUT2D eigenvalue weighted by molar-refractivity contribution is -0.137. The number of pyridine rings is 1. The zero-order valence-electron chi connectivity index (χ0n) is 11.8. The number of nitrogens with zero attached hydrogens (tertiary/aromatic N) is 2. The minimum atomic E-state index is -4.46. The minimum Gasteiger partial charge on any atom is -0.315 e. The van der Waals surface area contributed by atoms with Crippen molar-refractivity contribution in [2.24, 2.45) is 7.05 Å². The first-order valence-corrected chi connectivity index (χ1v) is 6.50. The molecule has 0 unspecified atom stereocenters. The van der Waals surface area contributed by atoms with Gasteiger partial charge in [0, 0.05) is 29.8 Å². The Morgan fingerprint density at radius 3 is 2.59 bits per heavy atom. The average Bonchev–Trinajstić information content (AvgIpc) is 2.92. The second-order valence-corrected chi connectivity index (χ2v) is 5.08. The Hall–Kier alpha value is -2.57. The van der Waals surface area contributed by atoms with Crippen LogP contribution in [-0.2, 0) is 13.2 Å². The van der Waals surface area contributed by atoms with Crippen LogP contribution in [0.5, 0.6) is 0 Å². The number of aromatic nitrogens is 3. The van der Waals surface area contributed by atoms with Gasteiger partial charge in [-0.05, 0) is 30.7 Å². The van der Waals surface area contributed by atoms with Crippen molar-refractivity contribution in [1.82, 2.24) is 14.8 Å². The Morgan fingerprint density at radius 1 is 1.18 bits per heavy atom. The average molecular weight is 307 g/mol. The molecule has 1 N–H and O–H groups in total. The summed E-state index contributed by atoms with van der Waals surface area (Å²) in [7, 11) is 1.58. The molecule has 0 radical (unpaired) electrons. The smallest absolute Gasteiger partial charge is 0.315 e. The summed E-state index contributed by atoms with van der Waals surface area (Å²) in [6.45, 7) is 1.70. The summed E-state index contributed by atoms with van der Waals surface area (Å²) in [4.78, 5) is 11.6. The second kappa shape index (κ2) is 4.72. The predicted octanol–water partition coefficient (Wildman–Crippen LogP) is 3.26. The lowest BCUT2D eigenvalue weighted by Crippen LogP contribution is -2.18. The summed E-state index contributed by atoms with van der Waals surface area (Å²) in [5.41, 5.74) is 0.892. The highest BCUT2D eigenvalue weighted by molar-refractivity contribution is 5.95. The summed E-state index contributed by atoms with van der Waals surface area (Å²) < 4.78 is 40.6. The minimum absolute atomic E-state index is 0.211. The van der Waals surface area contributed by atoms with Crippen LogP contribution in [0.3, 0.4) is 0 Å². The van der Waals surface area contributed by atoms with Crippen molar-refractivity contribution in [1.29, 1.82) is 0 Å². The zero-order chi connectivity index (χ0) is 16.1. The largest absolute Gasteiger partial charge is 0.416 e. The van der Waals surface area contributed by atoms with Crippen molar-refractivity contribution in [3.05, 3.63) is 52.1 Å². The SMILES string of the molecule is Cc1c(-c2cc(C(F)(F)F)cc3[nH]ncc23)ccc(=O)n1C. The molecular weight excluding hydrogens is 295 g/mol. The molecule has 0 amide bonds. The van der Waals surface area contributed by atoms with Gasteiger partial charge in [-0.2, -0.15) is 18.3 Å². The number of rotatable bonds is 1. The molecule has 0 bridgehead atoms. The fourth-order valence-electron chi connectivity index (χ4n) is 2.46. The van der Waals surface area contributed by atoms with Crippen LogP contribution in [0.1, 0.15) is 11.3 Å². The maximum Gasteiger partial charge on any atom is 0.416 e. The van der Waals surface area contributed by atoms with Crippen molar-refractivity contribution in [3.63, 3.8) is 0 Å². The molecule has 0 spiro atoms. The van der Waals surface area contributed by atoms with Gasteiger partial charge in [0.05, 0.1) is 17.3 Å². The van der Waals surface area contributed by atoms with E-state index >= 15 is 0 Å². The summed E-state index contributed by atoms with van der Waals surface area (Å²) in [5, 5.41) is 6.97. The van der Waals surface area contributed by atoms with Crippen molar-refractivity contribution >= 4 is 10.9 Å². The Labute approximate surface area is 123 Å². The highest BCUT2D eigenvalue weighted by atomic mass is 19.4. The fraction of sp³-hybridized carbons (Fsp3) is 0.200. The molecule has 3 aromatic rings. The first kappa shape index (κ1) is 14.4. The first-order chi connectivity index (χ1) is 10.3. The monoisotopic (exact) mass is 307 g/mol. The molecule has 2 heterocycles. The van der Waals surface area contributed by atoms with Gasteiger partial charge in [-0.25, -0.2) is 0 Å². The number of halogens is 3. The fourth-order valence-corrected chi connectivity index (χ4v) is 2.46. The quantitative estimate of drug-likeness (QED) is 0.750. The molecule has 0 saturated heterocycles. The molecule has 3 rings (SSSR count). The first-order valence-electron chi connectivity index (χ1n) is 6.50. The van der Waals surface area contributed by atoms with Crippen LogP contribution in [-0.4, -0.2) is 14.8 Å². The molecule has 7 heteroatoms. The molecule has 0 aliphatic carbocycles. The third kappa shape index (κ3) is 2.18. The van der Waals surface area contributed by atoms with E-state index in [0.29, 0.717) is 27.7 Å². The third-order valence-corrected chi connectivity index (χ3v) is 3.79. The van der Waals surface area contributed by atoms with Crippen LogP contribution in [0.4, 0.5) is 13.2 Å². The number of H-pyrrole nitrogens is 1. The summed E-state index contributed by atoms with van der Waals surface area (Å²) in [6.07, 6.45) is -2.97. The highest BCUT2D eigenvalue weighted by Crippen LogP contribution is 2.37. The number of alkyl halides is 3. The molecule has 1 aromatic carbocycles.